The van der Waals surface area contributed by atoms with Crippen molar-refractivity contribution in [1.82, 2.24) is 8.87 Å². The standard InChI is InChI=1S/C14H17Cl2FN.C10H15N3O2S.K/c1-14(7-3-4-8-14)13(18-2)11-10(17)6-5-9(15)12(11)16;1-12-7-8(6-9(12)10(11)14)16(15)13-4-2-3-5-13;/h5-6,13H,3-4,7-8H2,1-2H3;6-7H,2-5H2,1H3,(H2,11,14);/q-1;;+1. The summed E-state index contributed by atoms with van der Waals surface area (Å²) in [6, 6.07) is 4.26. The largest absolute Gasteiger partial charge is 1.00 e. The monoisotopic (exact) mass is 568 g/mol. The van der Waals surface area contributed by atoms with E-state index in [1.807, 2.05) is 4.31 Å². The van der Waals surface area contributed by atoms with Crippen LogP contribution in [-0.2, 0) is 18.0 Å². The molecular formula is C24H32Cl2FKN4O2S. The zero-order valence-corrected chi connectivity index (χ0v) is 26.3. The van der Waals surface area contributed by atoms with E-state index in [1.54, 1.807) is 30.9 Å². The van der Waals surface area contributed by atoms with Gasteiger partial charge in [0, 0.05) is 26.3 Å². The number of benzene rings is 1. The molecule has 35 heavy (non-hydrogen) atoms. The molecule has 1 saturated carbocycles. The Morgan fingerprint density at radius 2 is 1.80 bits per heavy atom. The van der Waals surface area contributed by atoms with Crippen LogP contribution in [0.3, 0.4) is 0 Å². The Morgan fingerprint density at radius 3 is 2.31 bits per heavy atom. The maximum absolute atomic E-state index is 14.1. The Balaban J connectivity index is 0.000000241. The van der Waals surface area contributed by atoms with E-state index in [0.717, 1.165) is 38.8 Å². The Bertz CT molecular complexity index is 1060. The molecule has 2 atom stereocenters. The van der Waals surface area contributed by atoms with Crippen molar-refractivity contribution in [2.75, 3.05) is 20.1 Å². The maximum atomic E-state index is 14.1. The van der Waals surface area contributed by atoms with Crippen molar-refractivity contribution >= 4 is 40.1 Å². The van der Waals surface area contributed by atoms with Gasteiger partial charge in [-0.1, -0.05) is 43.0 Å². The molecular weight excluding hydrogens is 537 g/mol. The molecule has 2 aliphatic rings. The molecule has 1 aromatic carbocycles. The number of amides is 1. The number of rotatable bonds is 6. The molecule has 0 bridgehead atoms. The summed E-state index contributed by atoms with van der Waals surface area (Å²) in [4.78, 5) is 11.7. The number of carbonyl (C=O) groups excluding carboxylic acids is 1. The van der Waals surface area contributed by atoms with Crippen LogP contribution in [0.4, 0.5) is 4.39 Å². The van der Waals surface area contributed by atoms with Gasteiger partial charge in [0.05, 0.1) is 14.9 Å². The minimum Gasteiger partial charge on any atom is -0.658 e. The van der Waals surface area contributed by atoms with Gasteiger partial charge < -0.3 is 15.6 Å². The van der Waals surface area contributed by atoms with Gasteiger partial charge in [0.25, 0.3) is 5.91 Å². The van der Waals surface area contributed by atoms with Gasteiger partial charge in [0.1, 0.15) is 22.5 Å². The van der Waals surface area contributed by atoms with Gasteiger partial charge in [-0.05, 0) is 54.9 Å². The number of nitrogens with two attached hydrogens (primary N) is 1. The van der Waals surface area contributed by atoms with E-state index >= 15 is 0 Å². The van der Waals surface area contributed by atoms with Gasteiger partial charge in [-0.25, -0.2) is 12.9 Å². The number of aromatic nitrogens is 1. The van der Waals surface area contributed by atoms with Crippen LogP contribution in [0.2, 0.25) is 10.0 Å². The number of halogens is 3. The van der Waals surface area contributed by atoms with E-state index in [1.165, 1.54) is 25.0 Å². The summed E-state index contributed by atoms with van der Waals surface area (Å²) in [6.07, 6.45) is 8.32. The first-order valence-corrected chi connectivity index (χ1v) is 13.3. The molecule has 0 spiro atoms. The number of hydrogen-bond acceptors (Lipinski definition) is 2. The summed E-state index contributed by atoms with van der Waals surface area (Å²) in [6.45, 7) is 3.87. The molecule has 2 aromatic rings. The van der Waals surface area contributed by atoms with Crippen LogP contribution >= 0.6 is 23.2 Å². The van der Waals surface area contributed by atoms with Crippen LogP contribution in [0.5, 0.6) is 0 Å². The van der Waals surface area contributed by atoms with Gasteiger partial charge in [-0.2, -0.15) is 7.05 Å². The molecule has 2 N–H and O–H groups in total. The third-order valence-electron chi connectivity index (χ3n) is 6.75. The second kappa shape index (κ2) is 13.8. The van der Waals surface area contributed by atoms with Crippen LogP contribution in [0.15, 0.2) is 29.3 Å². The summed E-state index contributed by atoms with van der Waals surface area (Å²) in [5.74, 6) is -0.805. The molecule has 6 nitrogen and oxygen atoms in total. The maximum Gasteiger partial charge on any atom is 1.00 e. The van der Waals surface area contributed by atoms with Crippen LogP contribution in [0, 0.1) is 11.2 Å². The fourth-order valence-electron chi connectivity index (χ4n) is 4.92. The molecule has 0 radical (unpaired) electrons. The second-order valence-corrected chi connectivity index (χ2v) is 11.5. The topological polar surface area (TPSA) is 82.4 Å². The van der Waals surface area contributed by atoms with Crippen LogP contribution in [-0.4, -0.2) is 39.1 Å². The Hall–Kier alpha value is 0.186. The third kappa shape index (κ3) is 7.40. The SMILES string of the molecule is C[N-]C(c1c(F)ccc(Cl)c1Cl)C1(C)CCCC1.Cn1cc(S(=O)N2CCCC2)cc1C(N)=O.[K+]. The molecule has 4 rings (SSSR count). The van der Waals surface area contributed by atoms with Crippen molar-refractivity contribution in [2.24, 2.45) is 18.2 Å². The molecule has 1 saturated heterocycles. The summed E-state index contributed by atoms with van der Waals surface area (Å²) >= 11 is 12.2. The van der Waals surface area contributed by atoms with Crippen molar-refractivity contribution in [3.05, 3.63) is 56.8 Å². The van der Waals surface area contributed by atoms with Crippen molar-refractivity contribution in [2.45, 2.75) is 56.4 Å². The number of nitrogens with zero attached hydrogens (tertiary/aromatic N) is 3. The van der Waals surface area contributed by atoms with Crippen molar-refractivity contribution < 1.29 is 64.8 Å². The van der Waals surface area contributed by atoms with E-state index in [2.05, 4.69) is 12.2 Å². The predicted molar refractivity (Wildman–Crippen MR) is 136 cm³/mol. The third-order valence-corrected chi connectivity index (χ3v) is 9.03. The van der Waals surface area contributed by atoms with Gasteiger partial charge in [0.15, 0.2) is 0 Å². The molecule has 1 aliphatic heterocycles. The molecule has 188 valence electrons. The second-order valence-electron chi connectivity index (χ2n) is 9.20. The normalized spacial score (nSPS) is 18.9. The van der Waals surface area contributed by atoms with Crippen molar-refractivity contribution in [3.63, 3.8) is 0 Å². The predicted octanol–water partition coefficient (Wildman–Crippen LogP) is 3.00. The van der Waals surface area contributed by atoms with Gasteiger partial charge >= 0.3 is 51.4 Å². The minimum absolute atomic E-state index is 0. The molecule has 1 aromatic heterocycles. The average Bonchev–Trinajstić information content (AvgIpc) is 3.55. The van der Waals surface area contributed by atoms with Crippen LogP contribution in [0.25, 0.3) is 5.32 Å². The molecule has 1 aliphatic carbocycles. The van der Waals surface area contributed by atoms with E-state index in [4.69, 9.17) is 28.9 Å². The zero-order valence-electron chi connectivity index (χ0n) is 20.8. The molecule has 2 heterocycles. The van der Waals surface area contributed by atoms with Crippen molar-refractivity contribution in [3.8, 4) is 0 Å². The summed E-state index contributed by atoms with van der Waals surface area (Å²) in [5, 5.41) is 5.09. The minimum atomic E-state index is -1.16. The van der Waals surface area contributed by atoms with Gasteiger partial charge in [-0.3, -0.25) is 4.79 Å². The summed E-state index contributed by atoms with van der Waals surface area (Å²) < 4.78 is 29.7. The Kier molecular flexibility index (Phi) is 12.4. The van der Waals surface area contributed by atoms with E-state index in [9.17, 15) is 13.4 Å². The number of hydrogen-bond donors (Lipinski definition) is 1. The molecule has 2 unspecified atom stereocenters. The van der Waals surface area contributed by atoms with E-state index < -0.39 is 16.9 Å². The molecule has 2 fully saturated rings. The summed E-state index contributed by atoms with van der Waals surface area (Å²) in [5.41, 5.74) is 6.05. The van der Waals surface area contributed by atoms with Crippen LogP contribution < -0.4 is 57.1 Å². The van der Waals surface area contributed by atoms with E-state index in [0.29, 0.717) is 26.2 Å². The Labute approximate surface area is 262 Å². The Morgan fingerprint density at radius 1 is 1.20 bits per heavy atom. The van der Waals surface area contributed by atoms with E-state index in [-0.39, 0.29) is 68.7 Å². The fourth-order valence-corrected chi connectivity index (χ4v) is 6.69. The number of carbonyl (C=O) groups is 1. The molecule has 1 amide bonds. The average molecular weight is 570 g/mol. The quantitative estimate of drug-likeness (QED) is 0.429. The number of primary amides is 1. The fraction of sp³-hybridized carbons (Fsp3) is 0.542. The molecule has 11 heteroatoms. The first-order valence-electron chi connectivity index (χ1n) is 11.4. The first kappa shape index (κ1) is 31.4. The smallest absolute Gasteiger partial charge is 0.658 e. The van der Waals surface area contributed by atoms with Crippen molar-refractivity contribution in [1.29, 1.82) is 0 Å². The summed E-state index contributed by atoms with van der Waals surface area (Å²) in [7, 11) is 2.29. The first-order chi connectivity index (χ1) is 16.1. The zero-order chi connectivity index (χ0) is 25.0. The van der Waals surface area contributed by atoms with Gasteiger partial charge in [-0.15, -0.1) is 6.04 Å². The van der Waals surface area contributed by atoms with Gasteiger partial charge in [0.2, 0.25) is 0 Å². The number of aryl methyl sites for hydroxylation is 1. The van der Waals surface area contributed by atoms with Crippen LogP contribution in [0.1, 0.15) is 67.5 Å².